The molecule has 0 saturated heterocycles. The van der Waals surface area contributed by atoms with E-state index in [4.69, 9.17) is 5.11 Å². The van der Waals surface area contributed by atoms with Crippen LogP contribution in [0.25, 0.3) is 23.1 Å². The second-order valence-electron chi connectivity index (χ2n) is 5.72. The van der Waals surface area contributed by atoms with Crippen molar-refractivity contribution < 1.29 is 9.90 Å². The van der Waals surface area contributed by atoms with Crippen molar-refractivity contribution in [3.63, 3.8) is 0 Å². The molecule has 128 valence electrons. The number of hydrogen-bond acceptors (Lipinski definition) is 4. The van der Waals surface area contributed by atoms with Gasteiger partial charge in [0.05, 0.1) is 17.1 Å². The zero-order valence-electron chi connectivity index (χ0n) is 13.8. The normalized spacial score (nSPS) is 11.4. The van der Waals surface area contributed by atoms with Crippen molar-refractivity contribution >= 4 is 29.0 Å². The summed E-state index contributed by atoms with van der Waals surface area (Å²) in [5.74, 6) is -0.382. The molecule has 1 N–H and O–H groups in total. The van der Waals surface area contributed by atoms with Gasteiger partial charge in [-0.3, -0.25) is 18.8 Å². The maximum absolute atomic E-state index is 12.8. The third-order valence-corrected chi connectivity index (χ3v) is 3.81. The van der Waals surface area contributed by atoms with Gasteiger partial charge in [-0.15, -0.1) is 0 Å². The fraction of sp³-hybridized carbons (Fsp3) is 0.222. The molecule has 0 radical (unpaired) electrons. The largest absolute Gasteiger partial charge is 0.481 e. The summed E-state index contributed by atoms with van der Waals surface area (Å²) in [5, 5.41) is 13.5. The number of para-hydroxylation sites is 1. The number of fused-ring (bicyclic) bond motifs is 1. The molecule has 0 aliphatic heterocycles. The molecule has 0 aliphatic rings. The van der Waals surface area contributed by atoms with E-state index in [2.05, 4.69) is 10.1 Å². The summed E-state index contributed by atoms with van der Waals surface area (Å²) < 4.78 is 3.21. The Kier molecular flexibility index (Phi) is 4.74. The highest BCUT2D eigenvalue weighted by Crippen LogP contribution is 2.11. The van der Waals surface area contributed by atoms with Gasteiger partial charge < -0.3 is 5.11 Å². The number of aryl methyl sites for hydroxylation is 1. The fourth-order valence-electron chi connectivity index (χ4n) is 2.61. The summed E-state index contributed by atoms with van der Waals surface area (Å²) in [4.78, 5) is 28.1. The summed E-state index contributed by atoms with van der Waals surface area (Å²) in [6.07, 6.45) is 7.52. The Hall–Kier alpha value is -3.22. The number of aromatic nitrogens is 4. The number of nitrogens with zero attached hydrogens (tertiary/aromatic N) is 4. The SMILES string of the molecule is Cn1cc(C=Cc2nc3ccccc3c(=O)n2CCCC(=O)O)cn1. The zero-order valence-corrected chi connectivity index (χ0v) is 13.8. The Labute approximate surface area is 143 Å². The van der Waals surface area contributed by atoms with Crippen LogP contribution in [0.1, 0.15) is 24.2 Å². The monoisotopic (exact) mass is 338 g/mol. The van der Waals surface area contributed by atoms with Gasteiger partial charge in [-0.05, 0) is 30.7 Å². The summed E-state index contributed by atoms with van der Waals surface area (Å²) in [5.41, 5.74) is 1.34. The van der Waals surface area contributed by atoms with Crippen LogP contribution in [-0.4, -0.2) is 30.4 Å². The predicted molar refractivity (Wildman–Crippen MR) is 95.0 cm³/mol. The summed E-state index contributed by atoms with van der Waals surface area (Å²) in [6, 6.07) is 7.14. The van der Waals surface area contributed by atoms with Crippen molar-refractivity contribution in [2.24, 2.45) is 7.05 Å². The molecular weight excluding hydrogens is 320 g/mol. The minimum atomic E-state index is -0.880. The van der Waals surface area contributed by atoms with Gasteiger partial charge in [-0.1, -0.05) is 12.1 Å². The maximum atomic E-state index is 12.8. The molecule has 0 spiro atoms. The number of carboxylic acid groups (broad SMARTS) is 1. The summed E-state index contributed by atoms with van der Waals surface area (Å²) in [7, 11) is 1.83. The smallest absolute Gasteiger partial charge is 0.303 e. The molecule has 7 nitrogen and oxygen atoms in total. The van der Waals surface area contributed by atoms with Crippen LogP contribution in [0, 0.1) is 0 Å². The quantitative estimate of drug-likeness (QED) is 0.744. The number of carbonyl (C=O) groups is 1. The lowest BCUT2D eigenvalue weighted by atomic mass is 10.2. The number of hydrogen-bond donors (Lipinski definition) is 1. The van der Waals surface area contributed by atoms with Crippen LogP contribution < -0.4 is 5.56 Å². The Morgan fingerprint density at radius 3 is 2.80 bits per heavy atom. The van der Waals surface area contributed by atoms with E-state index in [1.165, 1.54) is 4.57 Å². The molecule has 0 bridgehead atoms. The number of rotatable bonds is 6. The van der Waals surface area contributed by atoms with Crippen molar-refractivity contribution in [2.75, 3.05) is 0 Å². The van der Waals surface area contributed by atoms with Crippen molar-refractivity contribution in [1.29, 1.82) is 0 Å². The molecule has 7 heteroatoms. The van der Waals surface area contributed by atoms with Crippen LogP contribution in [-0.2, 0) is 18.4 Å². The van der Waals surface area contributed by atoms with E-state index in [1.807, 2.05) is 25.4 Å². The molecule has 0 amide bonds. The average Bonchev–Trinajstić information content (AvgIpc) is 3.00. The predicted octanol–water partition coefficient (Wildman–Crippen LogP) is 2.17. The number of aliphatic carboxylic acids is 1. The van der Waals surface area contributed by atoms with E-state index in [0.717, 1.165) is 5.56 Å². The third kappa shape index (κ3) is 3.82. The molecule has 3 rings (SSSR count). The second-order valence-corrected chi connectivity index (χ2v) is 5.72. The minimum absolute atomic E-state index is 0.00499. The molecule has 0 atom stereocenters. The van der Waals surface area contributed by atoms with E-state index < -0.39 is 5.97 Å². The molecule has 0 unspecified atom stereocenters. The molecule has 2 heterocycles. The first kappa shape index (κ1) is 16.6. The lowest BCUT2D eigenvalue weighted by molar-refractivity contribution is -0.137. The first-order valence-corrected chi connectivity index (χ1v) is 7.93. The average molecular weight is 338 g/mol. The van der Waals surface area contributed by atoms with Crippen LogP contribution in [0.2, 0.25) is 0 Å². The molecule has 25 heavy (non-hydrogen) atoms. The molecule has 0 saturated carbocycles. The fourth-order valence-corrected chi connectivity index (χ4v) is 2.61. The first-order valence-electron chi connectivity index (χ1n) is 7.93. The lowest BCUT2D eigenvalue weighted by Crippen LogP contribution is -2.24. The van der Waals surface area contributed by atoms with E-state index in [0.29, 0.717) is 29.7 Å². The van der Waals surface area contributed by atoms with Crippen LogP contribution in [0.5, 0.6) is 0 Å². The van der Waals surface area contributed by atoms with Crippen LogP contribution in [0.15, 0.2) is 41.5 Å². The minimum Gasteiger partial charge on any atom is -0.481 e. The molecule has 3 aromatic rings. The molecule has 0 fully saturated rings. The highest BCUT2D eigenvalue weighted by Gasteiger charge is 2.09. The van der Waals surface area contributed by atoms with Crippen molar-refractivity contribution in [3.8, 4) is 0 Å². The molecule has 1 aromatic carbocycles. The van der Waals surface area contributed by atoms with Crippen molar-refractivity contribution in [2.45, 2.75) is 19.4 Å². The second kappa shape index (κ2) is 7.12. The van der Waals surface area contributed by atoms with Gasteiger partial charge in [0.25, 0.3) is 5.56 Å². The lowest BCUT2D eigenvalue weighted by Gasteiger charge is -2.10. The molecule has 0 aliphatic carbocycles. The topological polar surface area (TPSA) is 90.0 Å². The molecule has 2 aromatic heterocycles. The van der Waals surface area contributed by atoms with Gasteiger partial charge in [-0.2, -0.15) is 5.10 Å². The Bertz CT molecular complexity index is 1000. The van der Waals surface area contributed by atoms with E-state index in [1.54, 1.807) is 35.2 Å². The molecular formula is C18H18N4O3. The van der Waals surface area contributed by atoms with Crippen LogP contribution in [0.4, 0.5) is 0 Å². The van der Waals surface area contributed by atoms with E-state index in [-0.39, 0.29) is 12.0 Å². The van der Waals surface area contributed by atoms with E-state index >= 15 is 0 Å². The standard InChI is InChI=1S/C18H18N4O3/c1-21-12-13(11-19-21)8-9-16-20-15-6-3-2-5-14(15)18(25)22(16)10-4-7-17(23)24/h2-3,5-6,8-9,11-12H,4,7,10H2,1H3,(H,23,24). The highest BCUT2D eigenvalue weighted by atomic mass is 16.4. The zero-order chi connectivity index (χ0) is 17.8. The third-order valence-electron chi connectivity index (χ3n) is 3.81. The summed E-state index contributed by atoms with van der Waals surface area (Å²) in [6.45, 7) is 0.301. The van der Waals surface area contributed by atoms with Crippen LogP contribution >= 0.6 is 0 Å². The first-order chi connectivity index (χ1) is 12.0. The van der Waals surface area contributed by atoms with E-state index in [9.17, 15) is 9.59 Å². The van der Waals surface area contributed by atoms with Gasteiger partial charge in [0.2, 0.25) is 0 Å². The van der Waals surface area contributed by atoms with Crippen molar-refractivity contribution in [3.05, 3.63) is 58.4 Å². The Morgan fingerprint density at radius 2 is 2.08 bits per heavy atom. The Morgan fingerprint density at radius 1 is 1.28 bits per heavy atom. The van der Waals surface area contributed by atoms with Gasteiger partial charge >= 0.3 is 5.97 Å². The van der Waals surface area contributed by atoms with Gasteiger partial charge in [0.15, 0.2) is 0 Å². The summed E-state index contributed by atoms with van der Waals surface area (Å²) >= 11 is 0. The maximum Gasteiger partial charge on any atom is 0.303 e. The van der Waals surface area contributed by atoms with Gasteiger partial charge in [0, 0.05) is 31.8 Å². The van der Waals surface area contributed by atoms with Gasteiger partial charge in [-0.25, -0.2) is 4.98 Å². The Balaban J connectivity index is 2.02. The van der Waals surface area contributed by atoms with Crippen LogP contribution in [0.3, 0.4) is 0 Å². The number of benzene rings is 1. The van der Waals surface area contributed by atoms with Gasteiger partial charge in [0.1, 0.15) is 5.82 Å². The number of carboxylic acids is 1. The van der Waals surface area contributed by atoms with Crippen molar-refractivity contribution in [1.82, 2.24) is 19.3 Å². The highest BCUT2D eigenvalue weighted by molar-refractivity contribution is 5.79.